The molecule has 2 aliphatic rings. The van der Waals surface area contributed by atoms with Crippen LogP contribution in [0.1, 0.15) is 39.5 Å². The summed E-state index contributed by atoms with van der Waals surface area (Å²) in [7, 11) is 1.96. The predicted molar refractivity (Wildman–Crippen MR) is 56.9 cm³/mol. The van der Waals surface area contributed by atoms with Gasteiger partial charge in [0.1, 0.15) is 0 Å². The van der Waals surface area contributed by atoms with Gasteiger partial charge in [-0.3, -0.25) is 4.79 Å². The number of hydrogen-bond acceptors (Lipinski definition) is 1. The molecule has 1 heterocycles. The van der Waals surface area contributed by atoms with Crippen LogP contribution in [0.4, 0.5) is 0 Å². The maximum Gasteiger partial charge on any atom is 0.225 e. The van der Waals surface area contributed by atoms with Crippen molar-refractivity contribution < 1.29 is 4.79 Å². The number of carbonyl (C=O) groups is 1. The Balaban J connectivity index is 2.27. The summed E-state index contributed by atoms with van der Waals surface area (Å²) in [6, 6.07) is 0. The summed E-state index contributed by atoms with van der Waals surface area (Å²) >= 11 is 0. The van der Waals surface area contributed by atoms with Gasteiger partial charge in [-0.05, 0) is 30.6 Å². The highest BCUT2D eigenvalue weighted by atomic mass is 16.2. The van der Waals surface area contributed by atoms with E-state index in [1.165, 1.54) is 12.8 Å². The molecule has 0 bridgehead atoms. The van der Waals surface area contributed by atoms with Crippen molar-refractivity contribution in [3.05, 3.63) is 0 Å². The molecule has 0 N–H and O–H groups in total. The van der Waals surface area contributed by atoms with Crippen molar-refractivity contribution >= 4 is 5.91 Å². The van der Waals surface area contributed by atoms with E-state index < -0.39 is 0 Å². The van der Waals surface area contributed by atoms with Gasteiger partial charge in [-0.1, -0.05) is 20.3 Å². The smallest absolute Gasteiger partial charge is 0.225 e. The van der Waals surface area contributed by atoms with Crippen LogP contribution in [0.15, 0.2) is 0 Å². The van der Waals surface area contributed by atoms with Gasteiger partial charge in [-0.25, -0.2) is 0 Å². The number of amides is 1. The summed E-state index contributed by atoms with van der Waals surface area (Å²) < 4.78 is 0. The first-order valence-corrected chi connectivity index (χ1v) is 5.77. The van der Waals surface area contributed by atoms with E-state index in [-0.39, 0.29) is 0 Å². The molecule has 2 nitrogen and oxygen atoms in total. The molecule has 14 heavy (non-hydrogen) atoms. The maximum atomic E-state index is 12.0. The summed E-state index contributed by atoms with van der Waals surface area (Å²) in [5.74, 6) is 1.37. The second-order valence-corrected chi connectivity index (χ2v) is 5.64. The standard InChI is InChI=1S/C12H21NO/c1-12(2)7-8-13(3)11(14)9-5-4-6-10(9)12/h9-10H,4-8H2,1-3H3. The number of fused-ring (bicyclic) bond motifs is 1. The zero-order valence-corrected chi connectivity index (χ0v) is 9.55. The van der Waals surface area contributed by atoms with E-state index in [1.807, 2.05) is 11.9 Å². The second kappa shape index (κ2) is 3.25. The highest BCUT2D eigenvalue weighted by Gasteiger charge is 2.45. The average molecular weight is 195 g/mol. The number of rotatable bonds is 0. The van der Waals surface area contributed by atoms with Gasteiger partial charge in [0.15, 0.2) is 0 Å². The van der Waals surface area contributed by atoms with E-state index in [0.717, 1.165) is 19.4 Å². The normalized spacial score (nSPS) is 36.8. The quantitative estimate of drug-likeness (QED) is 0.581. The first-order valence-electron chi connectivity index (χ1n) is 5.77. The molecule has 1 aliphatic carbocycles. The summed E-state index contributed by atoms with van der Waals surface area (Å²) in [5.41, 5.74) is 0.363. The Kier molecular flexibility index (Phi) is 2.32. The van der Waals surface area contributed by atoms with Crippen molar-refractivity contribution in [2.24, 2.45) is 17.3 Å². The Bertz CT molecular complexity index is 247. The Morgan fingerprint density at radius 3 is 2.79 bits per heavy atom. The third-order valence-electron chi connectivity index (χ3n) is 4.30. The van der Waals surface area contributed by atoms with Gasteiger partial charge < -0.3 is 4.90 Å². The molecule has 2 atom stereocenters. The van der Waals surface area contributed by atoms with E-state index in [9.17, 15) is 4.79 Å². The first kappa shape index (κ1) is 10.0. The Morgan fingerprint density at radius 1 is 1.36 bits per heavy atom. The molecule has 2 rings (SSSR count). The second-order valence-electron chi connectivity index (χ2n) is 5.64. The fraction of sp³-hybridized carbons (Fsp3) is 0.917. The van der Waals surface area contributed by atoms with Crippen LogP contribution in [0, 0.1) is 17.3 Å². The number of likely N-dealkylation sites (tertiary alicyclic amines) is 1. The first-order chi connectivity index (χ1) is 6.52. The molecule has 1 saturated heterocycles. The molecule has 0 aromatic carbocycles. The van der Waals surface area contributed by atoms with Crippen molar-refractivity contribution in [3.63, 3.8) is 0 Å². The van der Waals surface area contributed by atoms with Crippen LogP contribution in [0.5, 0.6) is 0 Å². The van der Waals surface area contributed by atoms with Gasteiger partial charge in [-0.2, -0.15) is 0 Å². The lowest BCUT2D eigenvalue weighted by Crippen LogP contribution is -2.33. The van der Waals surface area contributed by atoms with Crippen molar-refractivity contribution in [2.75, 3.05) is 13.6 Å². The van der Waals surface area contributed by atoms with Crippen LogP contribution in [0.25, 0.3) is 0 Å². The minimum atomic E-state index is 0.331. The molecule has 1 amide bonds. The molecule has 2 fully saturated rings. The molecule has 80 valence electrons. The Labute approximate surface area is 86.7 Å². The van der Waals surface area contributed by atoms with Crippen molar-refractivity contribution in [2.45, 2.75) is 39.5 Å². The van der Waals surface area contributed by atoms with Crippen molar-refractivity contribution in [1.82, 2.24) is 4.90 Å². The minimum Gasteiger partial charge on any atom is -0.345 e. The van der Waals surface area contributed by atoms with E-state index in [2.05, 4.69) is 13.8 Å². The summed E-state index contributed by atoms with van der Waals surface area (Å²) in [6.07, 6.45) is 4.79. The summed E-state index contributed by atoms with van der Waals surface area (Å²) in [6.45, 7) is 5.61. The SMILES string of the molecule is CN1CCC(C)(C)C2CCCC2C1=O. The molecular weight excluding hydrogens is 174 g/mol. The van der Waals surface area contributed by atoms with E-state index in [0.29, 0.717) is 23.2 Å². The molecule has 2 unspecified atom stereocenters. The largest absolute Gasteiger partial charge is 0.345 e. The lowest BCUT2D eigenvalue weighted by atomic mass is 9.72. The van der Waals surface area contributed by atoms with Gasteiger partial charge >= 0.3 is 0 Å². The van der Waals surface area contributed by atoms with Gasteiger partial charge in [0.2, 0.25) is 5.91 Å². The van der Waals surface area contributed by atoms with E-state index >= 15 is 0 Å². The zero-order chi connectivity index (χ0) is 10.3. The van der Waals surface area contributed by atoms with Crippen molar-refractivity contribution in [3.8, 4) is 0 Å². The number of hydrogen-bond donors (Lipinski definition) is 0. The predicted octanol–water partition coefficient (Wildman–Crippen LogP) is 2.29. The molecular formula is C12H21NO. The monoisotopic (exact) mass is 195 g/mol. The highest BCUT2D eigenvalue weighted by Crippen LogP contribution is 2.47. The molecule has 1 aliphatic heterocycles. The molecule has 1 saturated carbocycles. The Morgan fingerprint density at radius 2 is 2.07 bits per heavy atom. The fourth-order valence-corrected chi connectivity index (χ4v) is 3.23. The summed E-state index contributed by atoms with van der Waals surface area (Å²) in [4.78, 5) is 14.0. The summed E-state index contributed by atoms with van der Waals surface area (Å²) in [5, 5.41) is 0. The number of carbonyl (C=O) groups excluding carboxylic acids is 1. The topological polar surface area (TPSA) is 20.3 Å². The third-order valence-corrected chi connectivity index (χ3v) is 4.30. The van der Waals surface area contributed by atoms with Crippen LogP contribution >= 0.6 is 0 Å². The molecule has 0 aromatic heterocycles. The molecule has 0 aromatic rings. The molecule has 0 radical (unpaired) electrons. The van der Waals surface area contributed by atoms with Crippen LogP contribution in [-0.4, -0.2) is 24.4 Å². The molecule has 0 spiro atoms. The third kappa shape index (κ3) is 1.45. The van der Waals surface area contributed by atoms with Crippen LogP contribution in [-0.2, 0) is 4.79 Å². The van der Waals surface area contributed by atoms with E-state index in [4.69, 9.17) is 0 Å². The van der Waals surface area contributed by atoms with Gasteiger partial charge in [0.05, 0.1) is 0 Å². The van der Waals surface area contributed by atoms with Gasteiger partial charge in [-0.15, -0.1) is 0 Å². The van der Waals surface area contributed by atoms with Crippen LogP contribution in [0.2, 0.25) is 0 Å². The van der Waals surface area contributed by atoms with Gasteiger partial charge in [0, 0.05) is 19.5 Å². The van der Waals surface area contributed by atoms with E-state index in [1.54, 1.807) is 0 Å². The zero-order valence-electron chi connectivity index (χ0n) is 9.55. The van der Waals surface area contributed by atoms with Gasteiger partial charge in [0.25, 0.3) is 0 Å². The lowest BCUT2D eigenvalue weighted by molar-refractivity contribution is -0.134. The number of nitrogens with zero attached hydrogens (tertiary/aromatic N) is 1. The highest BCUT2D eigenvalue weighted by molar-refractivity contribution is 5.79. The van der Waals surface area contributed by atoms with Crippen molar-refractivity contribution in [1.29, 1.82) is 0 Å². The molecule has 2 heteroatoms. The average Bonchev–Trinajstić information content (AvgIpc) is 2.59. The fourth-order valence-electron chi connectivity index (χ4n) is 3.23. The van der Waals surface area contributed by atoms with Crippen LogP contribution < -0.4 is 0 Å². The lowest BCUT2D eigenvalue weighted by Gasteiger charge is -2.32. The minimum absolute atomic E-state index is 0.331. The van der Waals surface area contributed by atoms with Crippen LogP contribution in [0.3, 0.4) is 0 Å². The Hall–Kier alpha value is -0.530. The maximum absolute atomic E-state index is 12.0.